The van der Waals surface area contributed by atoms with Crippen LogP contribution in [0, 0.1) is 12.7 Å². The van der Waals surface area contributed by atoms with Gasteiger partial charge in [0.05, 0.1) is 4.91 Å². The van der Waals surface area contributed by atoms with Crippen molar-refractivity contribution in [3.63, 3.8) is 0 Å². The van der Waals surface area contributed by atoms with Crippen LogP contribution < -0.4 is 5.32 Å². The van der Waals surface area contributed by atoms with E-state index in [1.165, 1.54) is 23.8 Å². The first kappa shape index (κ1) is 20.8. The summed E-state index contributed by atoms with van der Waals surface area (Å²) in [6.07, 6.45) is 2.33. The molecular formula is C22H21FN2O3S. The van der Waals surface area contributed by atoms with Crippen molar-refractivity contribution in [3.05, 3.63) is 75.9 Å². The van der Waals surface area contributed by atoms with E-state index in [-0.39, 0.29) is 29.5 Å². The van der Waals surface area contributed by atoms with Crippen molar-refractivity contribution in [3.8, 4) is 0 Å². The number of carbonyl (C=O) groups is 3. The molecule has 5 nitrogen and oxygen atoms in total. The zero-order valence-electron chi connectivity index (χ0n) is 16.0. The van der Waals surface area contributed by atoms with Crippen LogP contribution >= 0.6 is 11.8 Å². The van der Waals surface area contributed by atoms with E-state index < -0.39 is 17.0 Å². The molecule has 1 aliphatic heterocycles. The minimum absolute atomic E-state index is 0.0789. The van der Waals surface area contributed by atoms with Gasteiger partial charge in [0.15, 0.2) is 0 Å². The molecule has 0 bridgehead atoms. The lowest BCUT2D eigenvalue weighted by atomic mass is 10.1. The standard InChI is InChI=1S/C22H21FN2O3S/c1-15-6-8-16(9-7-15)10-11-20(26)24-12-13-25-21(27)19(29-22(25)28)14-17-4-2-3-5-18(17)23/h2-9,14H,10-13H2,1H3,(H,24,26). The second kappa shape index (κ2) is 9.52. The average molecular weight is 412 g/mol. The fraction of sp³-hybridized carbons (Fsp3) is 0.227. The number of carbonyl (C=O) groups excluding carboxylic acids is 3. The Morgan fingerprint density at radius 3 is 2.59 bits per heavy atom. The molecule has 0 unspecified atom stereocenters. The summed E-state index contributed by atoms with van der Waals surface area (Å²) in [5, 5.41) is 2.31. The van der Waals surface area contributed by atoms with E-state index in [1.807, 2.05) is 31.2 Å². The molecule has 0 aliphatic carbocycles. The predicted molar refractivity (Wildman–Crippen MR) is 112 cm³/mol. The zero-order chi connectivity index (χ0) is 20.8. The first-order valence-electron chi connectivity index (χ1n) is 9.26. The largest absolute Gasteiger partial charge is 0.354 e. The summed E-state index contributed by atoms with van der Waals surface area (Å²) in [5.41, 5.74) is 2.50. The molecule has 7 heteroatoms. The van der Waals surface area contributed by atoms with E-state index in [2.05, 4.69) is 5.32 Å². The third kappa shape index (κ3) is 5.54. The van der Waals surface area contributed by atoms with Crippen molar-refractivity contribution in [2.24, 2.45) is 0 Å². The quantitative estimate of drug-likeness (QED) is 0.700. The summed E-state index contributed by atoms with van der Waals surface area (Å²) < 4.78 is 13.8. The number of nitrogens with one attached hydrogen (secondary N) is 1. The van der Waals surface area contributed by atoms with E-state index in [0.717, 1.165) is 22.2 Å². The maximum Gasteiger partial charge on any atom is 0.293 e. The Morgan fingerprint density at radius 1 is 1.14 bits per heavy atom. The Bertz CT molecular complexity index is 957. The molecule has 1 N–H and O–H groups in total. The average Bonchev–Trinajstić information content (AvgIpc) is 2.96. The zero-order valence-corrected chi connectivity index (χ0v) is 16.8. The van der Waals surface area contributed by atoms with Crippen LogP contribution in [-0.4, -0.2) is 35.0 Å². The fourth-order valence-corrected chi connectivity index (χ4v) is 3.69. The van der Waals surface area contributed by atoms with Crippen molar-refractivity contribution < 1.29 is 18.8 Å². The van der Waals surface area contributed by atoms with Crippen molar-refractivity contribution in [2.75, 3.05) is 13.1 Å². The number of nitrogens with zero attached hydrogens (tertiary/aromatic N) is 1. The molecule has 2 aromatic carbocycles. The molecule has 1 saturated heterocycles. The maximum atomic E-state index is 13.8. The van der Waals surface area contributed by atoms with Crippen LogP contribution in [0.1, 0.15) is 23.1 Å². The lowest BCUT2D eigenvalue weighted by molar-refractivity contribution is -0.124. The maximum absolute atomic E-state index is 13.8. The fourth-order valence-electron chi connectivity index (χ4n) is 2.83. The number of aryl methyl sites for hydroxylation is 2. The van der Waals surface area contributed by atoms with E-state index >= 15 is 0 Å². The summed E-state index contributed by atoms with van der Waals surface area (Å²) in [5.74, 6) is -1.07. The molecule has 1 aliphatic rings. The molecular weight excluding hydrogens is 391 g/mol. The van der Waals surface area contributed by atoms with Crippen LogP contribution in [0.5, 0.6) is 0 Å². The van der Waals surface area contributed by atoms with Gasteiger partial charge in [-0.05, 0) is 42.8 Å². The molecule has 1 fully saturated rings. The topological polar surface area (TPSA) is 66.5 Å². The highest BCUT2D eigenvalue weighted by atomic mass is 32.2. The van der Waals surface area contributed by atoms with Gasteiger partial charge in [-0.1, -0.05) is 48.0 Å². The highest BCUT2D eigenvalue weighted by molar-refractivity contribution is 8.18. The van der Waals surface area contributed by atoms with Crippen molar-refractivity contribution in [1.82, 2.24) is 10.2 Å². The van der Waals surface area contributed by atoms with Gasteiger partial charge in [0.1, 0.15) is 5.82 Å². The molecule has 3 amide bonds. The Balaban J connectivity index is 1.48. The minimum Gasteiger partial charge on any atom is -0.354 e. The molecule has 2 aromatic rings. The van der Waals surface area contributed by atoms with E-state index in [1.54, 1.807) is 12.1 Å². The smallest absolute Gasteiger partial charge is 0.293 e. The van der Waals surface area contributed by atoms with E-state index in [9.17, 15) is 18.8 Å². The first-order chi connectivity index (χ1) is 13.9. The van der Waals surface area contributed by atoms with Crippen LogP contribution in [-0.2, 0) is 16.0 Å². The molecule has 0 radical (unpaired) electrons. The number of thioether (sulfide) groups is 1. The molecule has 0 atom stereocenters. The van der Waals surface area contributed by atoms with Gasteiger partial charge < -0.3 is 5.32 Å². The first-order valence-corrected chi connectivity index (χ1v) is 10.1. The number of imide groups is 1. The van der Waals surface area contributed by atoms with Crippen LogP contribution in [0.25, 0.3) is 6.08 Å². The molecule has 3 rings (SSSR count). The number of halogens is 1. The van der Waals surface area contributed by atoms with E-state index in [4.69, 9.17) is 0 Å². The Kier molecular flexibility index (Phi) is 6.82. The van der Waals surface area contributed by atoms with Gasteiger partial charge in [-0.25, -0.2) is 4.39 Å². The van der Waals surface area contributed by atoms with Gasteiger partial charge in [0.25, 0.3) is 11.1 Å². The number of rotatable bonds is 7. The van der Waals surface area contributed by atoms with Gasteiger partial charge >= 0.3 is 0 Å². The summed E-state index contributed by atoms with van der Waals surface area (Å²) in [6.45, 7) is 2.26. The lowest BCUT2D eigenvalue weighted by Crippen LogP contribution is -2.37. The second-order valence-corrected chi connectivity index (χ2v) is 7.68. The van der Waals surface area contributed by atoms with Gasteiger partial charge in [-0.15, -0.1) is 0 Å². The van der Waals surface area contributed by atoms with Crippen molar-refractivity contribution in [2.45, 2.75) is 19.8 Å². The molecule has 29 heavy (non-hydrogen) atoms. The predicted octanol–water partition coefficient (Wildman–Crippen LogP) is 3.92. The van der Waals surface area contributed by atoms with Gasteiger partial charge in [0, 0.05) is 25.1 Å². The number of hydrogen-bond acceptors (Lipinski definition) is 4. The van der Waals surface area contributed by atoms with Crippen LogP contribution in [0.4, 0.5) is 9.18 Å². The molecule has 150 valence electrons. The highest BCUT2D eigenvalue weighted by Crippen LogP contribution is 2.32. The molecule has 0 saturated carbocycles. The lowest BCUT2D eigenvalue weighted by Gasteiger charge is -2.13. The Labute approximate surface area is 173 Å². The molecule has 0 spiro atoms. The molecule has 1 heterocycles. The van der Waals surface area contributed by atoms with Crippen LogP contribution in [0.2, 0.25) is 0 Å². The van der Waals surface area contributed by atoms with Crippen LogP contribution in [0.15, 0.2) is 53.4 Å². The summed E-state index contributed by atoms with van der Waals surface area (Å²) in [6, 6.07) is 14.0. The third-order valence-corrected chi connectivity index (χ3v) is 5.39. The SMILES string of the molecule is Cc1ccc(CCC(=O)NCCN2C(=O)SC(=Cc3ccccc3F)C2=O)cc1. The number of benzene rings is 2. The van der Waals surface area contributed by atoms with Crippen molar-refractivity contribution >= 4 is 34.9 Å². The summed E-state index contributed by atoms with van der Waals surface area (Å²) >= 11 is 0.772. The third-order valence-electron chi connectivity index (χ3n) is 4.48. The number of amides is 3. The second-order valence-electron chi connectivity index (χ2n) is 6.69. The Morgan fingerprint density at radius 2 is 1.86 bits per heavy atom. The van der Waals surface area contributed by atoms with Gasteiger partial charge in [0.2, 0.25) is 5.91 Å². The monoisotopic (exact) mass is 412 g/mol. The molecule has 0 aromatic heterocycles. The normalized spacial score (nSPS) is 15.2. The summed E-state index contributed by atoms with van der Waals surface area (Å²) in [4.78, 5) is 37.8. The van der Waals surface area contributed by atoms with Crippen LogP contribution in [0.3, 0.4) is 0 Å². The van der Waals surface area contributed by atoms with Gasteiger partial charge in [-0.2, -0.15) is 0 Å². The number of hydrogen-bond donors (Lipinski definition) is 1. The van der Waals surface area contributed by atoms with E-state index in [0.29, 0.717) is 12.8 Å². The highest BCUT2D eigenvalue weighted by Gasteiger charge is 2.34. The Hall–Kier alpha value is -2.93. The van der Waals surface area contributed by atoms with Crippen molar-refractivity contribution in [1.29, 1.82) is 0 Å². The summed E-state index contributed by atoms with van der Waals surface area (Å²) in [7, 11) is 0. The minimum atomic E-state index is -0.475. The van der Waals surface area contributed by atoms with Gasteiger partial charge in [-0.3, -0.25) is 19.3 Å².